The van der Waals surface area contributed by atoms with Gasteiger partial charge in [-0.3, -0.25) is 14.4 Å². The Labute approximate surface area is 137 Å². The molecule has 0 aliphatic rings. The first-order valence-electron chi connectivity index (χ1n) is 6.81. The molecule has 0 fully saturated rings. The number of halogens is 1. The van der Waals surface area contributed by atoms with E-state index in [2.05, 4.69) is 21.2 Å². The van der Waals surface area contributed by atoms with E-state index in [1.54, 1.807) is 38.2 Å². The van der Waals surface area contributed by atoms with Crippen LogP contribution in [0.4, 0.5) is 0 Å². The van der Waals surface area contributed by atoms with Crippen LogP contribution >= 0.6 is 15.9 Å². The van der Waals surface area contributed by atoms with Gasteiger partial charge in [-0.1, -0.05) is 22.9 Å². The lowest BCUT2D eigenvalue weighted by atomic mass is 10.1. The second-order valence-corrected chi connectivity index (χ2v) is 5.94. The molecule has 1 aromatic rings. The Morgan fingerprint density at radius 1 is 1.27 bits per heavy atom. The number of carboxylic acid groups (broad SMARTS) is 1. The van der Waals surface area contributed by atoms with Crippen molar-refractivity contribution in [3.8, 4) is 0 Å². The smallest absolute Gasteiger partial charge is 0.308 e. The number of carboxylic acids is 1. The molecule has 0 aliphatic carbocycles. The molecule has 7 heteroatoms. The molecule has 2 N–H and O–H groups in total. The monoisotopic (exact) mass is 370 g/mol. The molecule has 2 amide bonds. The van der Waals surface area contributed by atoms with Gasteiger partial charge in [-0.15, -0.1) is 0 Å². The number of amides is 2. The first kappa shape index (κ1) is 18.2. The summed E-state index contributed by atoms with van der Waals surface area (Å²) in [6.07, 6.45) is 0.130. The van der Waals surface area contributed by atoms with E-state index in [-0.39, 0.29) is 31.3 Å². The van der Waals surface area contributed by atoms with Crippen molar-refractivity contribution in [1.29, 1.82) is 0 Å². The van der Waals surface area contributed by atoms with Crippen LogP contribution < -0.4 is 5.32 Å². The van der Waals surface area contributed by atoms with Crippen LogP contribution in [0.15, 0.2) is 28.7 Å². The standard InChI is InChI=1S/C15H19BrN2O4/c1-10(15(21)22)9-18(2)13(19)7-8-17-14(20)11-3-5-12(16)6-4-11/h3-6,10H,7-9H2,1-2H3,(H,17,20)(H,21,22). The molecule has 0 spiro atoms. The summed E-state index contributed by atoms with van der Waals surface area (Å²) in [5.74, 6) is -2.01. The Morgan fingerprint density at radius 3 is 2.41 bits per heavy atom. The molecule has 0 heterocycles. The van der Waals surface area contributed by atoms with E-state index in [1.807, 2.05) is 0 Å². The maximum absolute atomic E-state index is 11.8. The van der Waals surface area contributed by atoms with Gasteiger partial charge in [-0.05, 0) is 24.3 Å². The van der Waals surface area contributed by atoms with E-state index < -0.39 is 11.9 Å². The first-order chi connectivity index (χ1) is 10.3. The van der Waals surface area contributed by atoms with Gasteiger partial charge in [0.25, 0.3) is 5.91 Å². The van der Waals surface area contributed by atoms with Crippen LogP contribution in [0.1, 0.15) is 23.7 Å². The molecule has 1 aromatic carbocycles. The summed E-state index contributed by atoms with van der Waals surface area (Å²) in [5.41, 5.74) is 0.517. The fraction of sp³-hybridized carbons (Fsp3) is 0.400. The first-order valence-corrected chi connectivity index (χ1v) is 7.61. The second-order valence-electron chi connectivity index (χ2n) is 5.03. The molecule has 1 atom stereocenters. The minimum absolute atomic E-state index is 0.130. The van der Waals surface area contributed by atoms with Crippen LogP contribution in [0, 0.1) is 5.92 Å². The number of nitrogens with one attached hydrogen (secondary N) is 1. The molecule has 0 saturated carbocycles. The molecular formula is C15H19BrN2O4. The summed E-state index contributed by atoms with van der Waals surface area (Å²) in [4.78, 5) is 35.8. The fourth-order valence-corrected chi connectivity index (χ4v) is 2.03. The zero-order valence-corrected chi connectivity index (χ0v) is 14.1. The van der Waals surface area contributed by atoms with E-state index in [0.717, 1.165) is 4.47 Å². The molecule has 0 bridgehead atoms. The lowest BCUT2D eigenvalue weighted by Gasteiger charge is -2.19. The highest BCUT2D eigenvalue weighted by molar-refractivity contribution is 9.10. The van der Waals surface area contributed by atoms with E-state index in [4.69, 9.17) is 5.11 Å². The van der Waals surface area contributed by atoms with E-state index in [9.17, 15) is 14.4 Å². The molecular weight excluding hydrogens is 352 g/mol. The summed E-state index contributed by atoms with van der Waals surface area (Å²) in [5, 5.41) is 11.5. The molecule has 1 rings (SSSR count). The van der Waals surface area contributed by atoms with Crippen LogP contribution in [0.3, 0.4) is 0 Å². The van der Waals surface area contributed by atoms with Gasteiger partial charge in [0.05, 0.1) is 5.92 Å². The number of carbonyl (C=O) groups is 3. The number of carbonyl (C=O) groups excluding carboxylic acids is 2. The Kier molecular flexibility index (Phi) is 7.04. The van der Waals surface area contributed by atoms with Gasteiger partial charge in [0, 0.05) is 36.6 Å². The van der Waals surface area contributed by atoms with Gasteiger partial charge >= 0.3 is 5.97 Å². The maximum Gasteiger partial charge on any atom is 0.308 e. The maximum atomic E-state index is 11.8. The molecule has 0 radical (unpaired) electrons. The summed E-state index contributed by atoms with van der Waals surface area (Å²) >= 11 is 3.29. The number of hydrogen-bond acceptors (Lipinski definition) is 3. The van der Waals surface area contributed by atoms with Crippen LogP contribution in [0.5, 0.6) is 0 Å². The molecule has 120 valence electrons. The average Bonchev–Trinajstić information content (AvgIpc) is 2.47. The van der Waals surface area contributed by atoms with Gasteiger partial charge in [-0.25, -0.2) is 0 Å². The van der Waals surface area contributed by atoms with Gasteiger partial charge in [-0.2, -0.15) is 0 Å². The summed E-state index contributed by atoms with van der Waals surface area (Å²) < 4.78 is 0.883. The largest absolute Gasteiger partial charge is 0.481 e. The van der Waals surface area contributed by atoms with Crippen molar-refractivity contribution in [2.45, 2.75) is 13.3 Å². The zero-order chi connectivity index (χ0) is 16.7. The minimum atomic E-state index is -0.941. The van der Waals surface area contributed by atoms with Crippen LogP contribution in [0.2, 0.25) is 0 Å². The topological polar surface area (TPSA) is 86.7 Å². The van der Waals surface area contributed by atoms with E-state index in [0.29, 0.717) is 5.56 Å². The van der Waals surface area contributed by atoms with Crippen molar-refractivity contribution in [3.63, 3.8) is 0 Å². The lowest BCUT2D eigenvalue weighted by molar-refractivity contribution is -0.142. The minimum Gasteiger partial charge on any atom is -0.481 e. The quantitative estimate of drug-likeness (QED) is 0.765. The Hall–Kier alpha value is -1.89. The zero-order valence-electron chi connectivity index (χ0n) is 12.5. The Balaban J connectivity index is 2.36. The fourth-order valence-electron chi connectivity index (χ4n) is 1.77. The van der Waals surface area contributed by atoms with Crippen LogP contribution in [0.25, 0.3) is 0 Å². The van der Waals surface area contributed by atoms with Crippen molar-refractivity contribution < 1.29 is 19.5 Å². The van der Waals surface area contributed by atoms with Crippen molar-refractivity contribution in [1.82, 2.24) is 10.2 Å². The van der Waals surface area contributed by atoms with Gasteiger partial charge in [0.15, 0.2) is 0 Å². The van der Waals surface area contributed by atoms with Crippen LogP contribution in [-0.4, -0.2) is 47.9 Å². The third-order valence-electron chi connectivity index (χ3n) is 3.13. The van der Waals surface area contributed by atoms with Gasteiger partial charge in [0.1, 0.15) is 0 Å². The number of nitrogens with zero attached hydrogens (tertiary/aromatic N) is 1. The lowest BCUT2D eigenvalue weighted by Crippen LogP contribution is -2.36. The van der Waals surface area contributed by atoms with Crippen LogP contribution in [-0.2, 0) is 9.59 Å². The van der Waals surface area contributed by atoms with Crippen molar-refractivity contribution in [3.05, 3.63) is 34.3 Å². The molecule has 1 unspecified atom stereocenters. The van der Waals surface area contributed by atoms with Crippen molar-refractivity contribution in [2.75, 3.05) is 20.1 Å². The summed E-state index contributed by atoms with van der Waals surface area (Å²) in [7, 11) is 1.55. The SMILES string of the molecule is CC(CN(C)C(=O)CCNC(=O)c1ccc(Br)cc1)C(=O)O. The van der Waals surface area contributed by atoms with E-state index >= 15 is 0 Å². The predicted octanol–water partition coefficient (Wildman–Crippen LogP) is 1.75. The summed E-state index contributed by atoms with van der Waals surface area (Å²) in [6, 6.07) is 6.89. The molecule has 22 heavy (non-hydrogen) atoms. The Morgan fingerprint density at radius 2 is 1.86 bits per heavy atom. The highest BCUT2D eigenvalue weighted by atomic mass is 79.9. The third kappa shape index (κ3) is 5.85. The predicted molar refractivity (Wildman–Crippen MR) is 85.5 cm³/mol. The van der Waals surface area contributed by atoms with Crippen molar-refractivity contribution >= 4 is 33.7 Å². The third-order valence-corrected chi connectivity index (χ3v) is 3.65. The normalized spacial score (nSPS) is 11.6. The van der Waals surface area contributed by atoms with Gasteiger partial charge in [0.2, 0.25) is 5.91 Å². The van der Waals surface area contributed by atoms with Gasteiger partial charge < -0.3 is 15.3 Å². The van der Waals surface area contributed by atoms with Crippen molar-refractivity contribution in [2.24, 2.45) is 5.92 Å². The highest BCUT2D eigenvalue weighted by Crippen LogP contribution is 2.10. The summed E-state index contributed by atoms with van der Waals surface area (Å²) in [6.45, 7) is 1.90. The highest BCUT2D eigenvalue weighted by Gasteiger charge is 2.17. The molecule has 0 aromatic heterocycles. The number of hydrogen-bond donors (Lipinski definition) is 2. The average molecular weight is 371 g/mol. The van der Waals surface area contributed by atoms with E-state index in [1.165, 1.54) is 4.90 Å². The number of benzene rings is 1. The number of rotatable bonds is 7. The second kappa shape index (κ2) is 8.53. The number of aliphatic carboxylic acids is 1. The molecule has 6 nitrogen and oxygen atoms in total. The molecule has 0 saturated heterocycles. The Bertz CT molecular complexity index is 545. The molecule has 0 aliphatic heterocycles.